The van der Waals surface area contributed by atoms with Crippen LogP contribution >= 0.6 is 0 Å². The van der Waals surface area contributed by atoms with Crippen molar-refractivity contribution in [2.24, 2.45) is 0 Å². The van der Waals surface area contributed by atoms with Crippen LogP contribution in [-0.2, 0) is 0 Å². The lowest BCUT2D eigenvalue weighted by Gasteiger charge is -2.08. The molecule has 0 unspecified atom stereocenters. The van der Waals surface area contributed by atoms with Crippen LogP contribution in [-0.4, -0.2) is 14.5 Å². The van der Waals surface area contributed by atoms with Crippen molar-refractivity contribution in [1.82, 2.24) is 9.55 Å². The topological polar surface area (TPSA) is 61.0 Å². The fourth-order valence-corrected chi connectivity index (χ4v) is 2.32. The summed E-state index contributed by atoms with van der Waals surface area (Å²) in [6, 6.07) is 11.3. The number of hydrogen-bond acceptors (Lipinski definition) is 3. The van der Waals surface area contributed by atoms with Crippen molar-refractivity contribution in [3.8, 4) is 5.69 Å². The van der Waals surface area contributed by atoms with Gasteiger partial charge in [-0.05, 0) is 31.2 Å². The second kappa shape index (κ2) is 4.41. The van der Waals surface area contributed by atoms with Gasteiger partial charge in [0.25, 0.3) is 0 Å². The van der Waals surface area contributed by atoms with Gasteiger partial charge in [-0.15, -0.1) is 0 Å². The Labute approximate surface area is 113 Å². The molecule has 0 aliphatic carbocycles. The molecule has 0 bridgehead atoms. The number of hydrogen-bond donors (Lipinski definition) is 0. The van der Waals surface area contributed by atoms with Crippen LogP contribution in [0.5, 0.6) is 0 Å². The first-order valence-corrected chi connectivity index (χ1v) is 5.97. The lowest BCUT2D eigenvalue weighted by atomic mass is 10.2. The molecule has 3 rings (SSSR count). The smallest absolute Gasteiger partial charge is 0.290 e. The average Bonchev–Trinajstić information content (AvgIpc) is 2.73. The van der Waals surface area contributed by atoms with E-state index in [9.17, 15) is 14.5 Å². The molecule has 0 atom stereocenters. The first-order chi connectivity index (χ1) is 9.59. The van der Waals surface area contributed by atoms with Crippen LogP contribution in [0.2, 0.25) is 0 Å². The third-order valence-corrected chi connectivity index (χ3v) is 3.12. The molecular formula is C14H10FN3O2. The Morgan fingerprint density at radius 2 is 1.95 bits per heavy atom. The van der Waals surface area contributed by atoms with Crippen LogP contribution < -0.4 is 0 Å². The highest BCUT2D eigenvalue weighted by Gasteiger charge is 2.23. The van der Waals surface area contributed by atoms with E-state index < -0.39 is 16.4 Å². The summed E-state index contributed by atoms with van der Waals surface area (Å²) < 4.78 is 15.3. The van der Waals surface area contributed by atoms with Gasteiger partial charge in [0.15, 0.2) is 0 Å². The third-order valence-electron chi connectivity index (χ3n) is 3.12. The van der Waals surface area contributed by atoms with E-state index in [0.717, 1.165) is 6.07 Å². The third kappa shape index (κ3) is 1.73. The Bertz CT molecular complexity index is 826. The minimum Gasteiger partial charge on any atom is -0.290 e. The second-order valence-electron chi connectivity index (χ2n) is 4.35. The molecule has 0 radical (unpaired) electrons. The maximum Gasteiger partial charge on any atom is 0.328 e. The molecule has 100 valence electrons. The number of benzene rings is 2. The molecule has 0 aliphatic rings. The largest absolute Gasteiger partial charge is 0.328 e. The van der Waals surface area contributed by atoms with Crippen LogP contribution in [0.1, 0.15) is 5.82 Å². The summed E-state index contributed by atoms with van der Waals surface area (Å²) in [4.78, 5) is 14.7. The highest BCUT2D eigenvalue weighted by molar-refractivity contribution is 5.79. The van der Waals surface area contributed by atoms with Crippen molar-refractivity contribution in [1.29, 1.82) is 0 Å². The quantitative estimate of drug-likeness (QED) is 0.530. The number of halogens is 1. The second-order valence-corrected chi connectivity index (χ2v) is 4.35. The molecule has 2 aromatic carbocycles. The van der Waals surface area contributed by atoms with Gasteiger partial charge in [0.05, 0.1) is 16.0 Å². The predicted octanol–water partition coefficient (Wildman–Crippen LogP) is 3.38. The number of nitrogens with zero attached hydrogens (tertiary/aromatic N) is 3. The summed E-state index contributed by atoms with van der Waals surface area (Å²) in [6.07, 6.45) is 0. The van der Waals surface area contributed by atoms with Gasteiger partial charge in [-0.25, -0.2) is 4.98 Å². The fraction of sp³-hybridized carbons (Fsp3) is 0.0714. The number of para-hydroxylation sites is 3. The average molecular weight is 271 g/mol. The Morgan fingerprint density at radius 3 is 2.70 bits per heavy atom. The summed E-state index contributed by atoms with van der Waals surface area (Å²) in [6.45, 7) is 1.73. The first kappa shape index (κ1) is 12.3. The molecule has 0 aliphatic heterocycles. The summed E-state index contributed by atoms with van der Waals surface area (Å²) in [5.74, 6) is -0.287. The molecule has 1 aromatic heterocycles. The van der Waals surface area contributed by atoms with E-state index in [-0.39, 0.29) is 5.69 Å². The van der Waals surface area contributed by atoms with E-state index in [4.69, 9.17) is 0 Å². The molecular weight excluding hydrogens is 261 g/mol. The summed E-state index contributed by atoms with van der Waals surface area (Å²) in [5, 5.41) is 11.1. The minimum atomic E-state index is -0.857. The Morgan fingerprint density at radius 1 is 1.20 bits per heavy atom. The maximum atomic E-state index is 13.7. The molecule has 0 spiro atoms. The number of fused-ring (bicyclic) bond motifs is 1. The van der Waals surface area contributed by atoms with E-state index in [1.165, 1.54) is 12.1 Å². The van der Waals surface area contributed by atoms with Gasteiger partial charge >= 0.3 is 5.69 Å². The van der Waals surface area contributed by atoms with Crippen molar-refractivity contribution >= 4 is 16.7 Å². The molecule has 1 heterocycles. The number of nitro groups is 1. The zero-order chi connectivity index (χ0) is 14.3. The van der Waals surface area contributed by atoms with Crippen LogP contribution in [0.4, 0.5) is 10.1 Å². The van der Waals surface area contributed by atoms with Crippen molar-refractivity contribution < 1.29 is 9.31 Å². The van der Waals surface area contributed by atoms with E-state index in [1.807, 2.05) is 18.2 Å². The molecule has 5 nitrogen and oxygen atoms in total. The van der Waals surface area contributed by atoms with Gasteiger partial charge in [0.2, 0.25) is 5.82 Å². The van der Waals surface area contributed by atoms with Gasteiger partial charge in [-0.2, -0.15) is 4.39 Å². The molecule has 6 heteroatoms. The fourth-order valence-electron chi connectivity index (χ4n) is 2.32. The Balaban J connectivity index is 2.40. The van der Waals surface area contributed by atoms with E-state index in [1.54, 1.807) is 17.6 Å². The van der Waals surface area contributed by atoms with Gasteiger partial charge in [-0.3, -0.25) is 14.7 Å². The number of imidazole rings is 1. The summed E-state index contributed by atoms with van der Waals surface area (Å²) in [7, 11) is 0. The van der Waals surface area contributed by atoms with Gasteiger partial charge in [-0.1, -0.05) is 18.2 Å². The van der Waals surface area contributed by atoms with Crippen molar-refractivity contribution in [2.75, 3.05) is 0 Å². The van der Waals surface area contributed by atoms with Crippen molar-refractivity contribution in [3.05, 3.63) is 64.2 Å². The minimum absolute atomic E-state index is 0.182. The molecule has 0 amide bonds. The molecule has 3 aromatic rings. The van der Waals surface area contributed by atoms with E-state index in [2.05, 4.69) is 4.98 Å². The number of rotatable bonds is 2. The maximum absolute atomic E-state index is 13.7. The Hall–Kier alpha value is -2.76. The zero-order valence-corrected chi connectivity index (χ0v) is 10.6. The molecule has 0 saturated carbocycles. The van der Waals surface area contributed by atoms with Crippen LogP contribution in [0, 0.1) is 22.9 Å². The molecule has 0 saturated heterocycles. The van der Waals surface area contributed by atoms with Gasteiger partial charge < -0.3 is 0 Å². The highest BCUT2D eigenvalue weighted by atomic mass is 19.1. The first-order valence-electron chi connectivity index (χ1n) is 5.97. The highest BCUT2D eigenvalue weighted by Crippen LogP contribution is 2.30. The lowest BCUT2D eigenvalue weighted by Crippen LogP contribution is -2.03. The van der Waals surface area contributed by atoms with Gasteiger partial charge in [0.1, 0.15) is 11.5 Å². The van der Waals surface area contributed by atoms with E-state index in [0.29, 0.717) is 16.9 Å². The Kier molecular flexibility index (Phi) is 2.71. The standard InChI is InChI=1S/C14H10FN3O2/c1-9-16-11-6-2-3-7-12(11)17(9)13-8-4-5-10(15)14(13)18(19)20/h2-8H,1H3. The van der Waals surface area contributed by atoms with E-state index >= 15 is 0 Å². The summed E-state index contributed by atoms with van der Waals surface area (Å²) >= 11 is 0. The van der Waals surface area contributed by atoms with Crippen molar-refractivity contribution in [3.63, 3.8) is 0 Å². The molecule has 0 fully saturated rings. The predicted molar refractivity (Wildman–Crippen MR) is 72.4 cm³/mol. The monoisotopic (exact) mass is 271 g/mol. The number of aromatic nitrogens is 2. The molecule has 20 heavy (non-hydrogen) atoms. The SMILES string of the molecule is Cc1nc2ccccc2n1-c1cccc(F)c1[N+](=O)[O-]. The number of nitro benzene ring substituents is 1. The van der Waals surface area contributed by atoms with Gasteiger partial charge in [0, 0.05) is 0 Å². The number of aryl methyl sites for hydroxylation is 1. The van der Waals surface area contributed by atoms with Crippen LogP contribution in [0.25, 0.3) is 16.7 Å². The van der Waals surface area contributed by atoms with Crippen LogP contribution in [0.15, 0.2) is 42.5 Å². The zero-order valence-electron chi connectivity index (χ0n) is 10.6. The van der Waals surface area contributed by atoms with Crippen molar-refractivity contribution in [2.45, 2.75) is 6.92 Å². The molecule has 0 N–H and O–H groups in total. The summed E-state index contributed by atoms with van der Waals surface area (Å²) in [5.41, 5.74) is 1.06. The normalized spacial score (nSPS) is 10.9. The lowest BCUT2D eigenvalue weighted by molar-refractivity contribution is -0.387. The van der Waals surface area contributed by atoms with Crippen LogP contribution in [0.3, 0.4) is 0 Å².